The van der Waals surface area contributed by atoms with Gasteiger partial charge in [-0.2, -0.15) is 0 Å². The van der Waals surface area contributed by atoms with Crippen LogP contribution in [0, 0.1) is 5.92 Å². The molecule has 0 aromatic carbocycles. The Morgan fingerprint density at radius 3 is 1.89 bits per heavy atom. The SMILES string of the molecule is CCCCCCCCCCCC(CC)C(=O)NO. The summed E-state index contributed by atoms with van der Waals surface area (Å²) in [6.07, 6.45) is 13.4. The third kappa shape index (κ3) is 9.46. The van der Waals surface area contributed by atoms with Crippen molar-refractivity contribution >= 4 is 5.91 Å². The Bertz CT molecular complexity index is 195. The van der Waals surface area contributed by atoms with Crippen LogP contribution in [0.5, 0.6) is 0 Å². The maximum absolute atomic E-state index is 11.2. The summed E-state index contributed by atoms with van der Waals surface area (Å²) in [4.78, 5) is 11.2. The highest BCUT2D eigenvalue weighted by Gasteiger charge is 2.14. The van der Waals surface area contributed by atoms with E-state index in [4.69, 9.17) is 5.21 Å². The average Bonchev–Trinajstić information content (AvgIpc) is 2.40. The van der Waals surface area contributed by atoms with Crippen LogP contribution >= 0.6 is 0 Å². The summed E-state index contributed by atoms with van der Waals surface area (Å²) in [6, 6.07) is 0. The monoisotopic (exact) mass is 257 g/mol. The van der Waals surface area contributed by atoms with Crippen molar-refractivity contribution in [2.24, 2.45) is 5.92 Å². The molecule has 3 heteroatoms. The van der Waals surface area contributed by atoms with Gasteiger partial charge in [-0.15, -0.1) is 0 Å². The Kier molecular flexibility index (Phi) is 12.5. The van der Waals surface area contributed by atoms with Crippen LogP contribution in [0.3, 0.4) is 0 Å². The quantitative estimate of drug-likeness (QED) is 0.308. The number of carbonyl (C=O) groups is 1. The molecule has 1 atom stereocenters. The topological polar surface area (TPSA) is 49.3 Å². The fraction of sp³-hybridized carbons (Fsp3) is 0.933. The highest BCUT2D eigenvalue weighted by molar-refractivity contribution is 5.77. The number of hydrogen-bond donors (Lipinski definition) is 2. The van der Waals surface area contributed by atoms with E-state index in [2.05, 4.69) is 6.92 Å². The van der Waals surface area contributed by atoms with Gasteiger partial charge in [0, 0.05) is 5.92 Å². The molecular formula is C15H31NO2. The fourth-order valence-corrected chi connectivity index (χ4v) is 2.31. The molecule has 0 radical (unpaired) electrons. The van der Waals surface area contributed by atoms with Gasteiger partial charge >= 0.3 is 0 Å². The zero-order chi connectivity index (χ0) is 13.6. The largest absolute Gasteiger partial charge is 0.289 e. The highest BCUT2D eigenvalue weighted by atomic mass is 16.5. The third-order valence-corrected chi connectivity index (χ3v) is 3.63. The number of carbonyl (C=O) groups excluding carboxylic acids is 1. The molecule has 1 amide bonds. The van der Waals surface area contributed by atoms with Crippen molar-refractivity contribution in [1.29, 1.82) is 0 Å². The Labute approximate surface area is 112 Å². The molecule has 0 bridgehead atoms. The minimum absolute atomic E-state index is 0.0143. The maximum atomic E-state index is 11.2. The summed E-state index contributed by atoms with van der Waals surface area (Å²) >= 11 is 0. The van der Waals surface area contributed by atoms with Crippen LogP contribution in [0.1, 0.15) is 84.5 Å². The van der Waals surface area contributed by atoms with Crippen LogP contribution in [0.15, 0.2) is 0 Å². The fourth-order valence-electron chi connectivity index (χ4n) is 2.31. The van der Waals surface area contributed by atoms with Gasteiger partial charge in [0.05, 0.1) is 0 Å². The molecule has 108 valence electrons. The first kappa shape index (κ1) is 17.4. The number of unbranched alkanes of at least 4 members (excludes halogenated alkanes) is 8. The molecule has 18 heavy (non-hydrogen) atoms. The molecule has 1 unspecified atom stereocenters. The first-order chi connectivity index (χ1) is 8.76. The lowest BCUT2D eigenvalue weighted by atomic mass is 9.97. The van der Waals surface area contributed by atoms with E-state index in [9.17, 15) is 4.79 Å². The van der Waals surface area contributed by atoms with Crippen molar-refractivity contribution in [3.8, 4) is 0 Å². The van der Waals surface area contributed by atoms with Gasteiger partial charge in [-0.1, -0.05) is 71.6 Å². The Balaban J connectivity index is 3.31. The van der Waals surface area contributed by atoms with E-state index in [0.717, 1.165) is 19.3 Å². The second-order valence-electron chi connectivity index (χ2n) is 5.20. The standard InChI is InChI=1S/C15H31NO2/c1-3-5-6-7-8-9-10-11-12-13-14(4-2)15(17)16-18/h14,18H,3-13H2,1-2H3,(H,16,17). The van der Waals surface area contributed by atoms with E-state index in [1.54, 1.807) is 5.48 Å². The number of rotatable bonds is 12. The first-order valence-electron chi connectivity index (χ1n) is 7.70. The lowest BCUT2D eigenvalue weighted by molar-refractivity contribution is -0.133. The van der Waals surface area contributed by atoms with Crippen molar-refractivity contribution in [2.75, 3.05) is 0 Å². The molecule has 0 saturated carbocycles. The molecule has 0 aliphatic carbocycles. The van der Waals surface area contributed by atoms with E-state index >= 15 is 0 Å². The molecule has 0 aliphatic rings. The summed E-state index contributed by atoms with van der Waals surface area (Å²) in [7, 11) is 0. The van der Waals surface area contributed by atoms with Crippen molar-refractivity contribution in [3.05, 3.63) is 0 Å². The summed E-state index contributed by atoms with van der Waals surface area (Å²) in [5.41, 5.74) is 1.76. The van der Waals surface area contributed by atoms with Gasteiger partial charge in [-0.3, -0.25) is 10.0 Å². The number of hydrogen-bond acceptors (Lipinski definition) is 2. The van der Waals surface area contributed by atoms with Crippen LogP contribution in [-0.2, 0) is 4.79 Å². The predicted molar refractivity (Wildman–Crippen MR) is 75.6 cm³/mol. The molecule has 0 spiro atoms. The molecule has 0 saturated heterocycles. The molecule has 0 aromatic heterocycles. The van der Waals surface area contributed by atoms with E-state index in [1.807, 2.05) is 6.92 Å². The van der Waals surface area contributed by atoms with Crippen LogP contribution in [0.4, 0.5) is 0 Å². The number of hydroxylamine groups is 1. The molecule has 0 fully saturated rings. The van der Waals surface area contributed by atoms with Crippen molar-refractivity contribution in [3.63, 3.8) is 0 Å². The summed E-state index contributed by atoms with van der Waals surface area (Å²) in [5.74, 6) is -0.239. The van der Waals surface area contributed by atoms with E-state index in [0.29, 0.717) is 0 Å². The van der Waals surface area contributed by atoms with Gasteiger partial charge in [0.1, 0.15) is 0 Å². The molecule has 2 N–H and O–H groups in total. The van der Waals surface area contributed by atoms with Gasteiger partial charge in [0.2, 0.25) is 5.91 Å². The summed E-state index contributed by atoms with van der Waals surface area (Å²) < 4.78 is 0. The Morgan fingerprint density at radius 2 is 1.44 bits per heavy atom. The Morgan fingerprint density at radius 1 is 0.944 bits per heavy atom. The summed E-state index contributed by atoms with van der Waals surface area (Å²) in [6.45, 7) is 4.24. The molecule has 0 aliphatic heterocycles. The highest BCUT2D eigenvalue weighted by Crippen LogP contribution is 2.15. The smallest absolute Gasteiger partial charge is 0.246 e. The lowest BCUT2D eigenvalue weighted by Gasteiger charge is -2.11. The van der Waals surface area contributed by atoms with E-state index in [-0.39, 0.29) is 11.8 Å². The first-order valence-corrected chi connectivity index (χ1v) is 7.70. The van der Waals surface area contributed by atoms with Crippen molar-refractivity contribution < 1.29 is 10.0 Å². The van der Waals surface area contributed by atoms with Crippen LogP contribution < -0.4 is 5.48 Å². The van der Waals surface area contributed by atoms with Gasteiger partial charge in [0.25, 0.3) is 0 Å². The van der Waals surface area contributed by atoms with E-state index < -0.39 is 0 Å². The lowest BCUT2D eigenvalue weighted by Crippen LogP contribution is -2.27. The average molecular weight is 257 g/mol. The number of amides is 1. The van der Waals surface area contributed by atoms with Crippen LogP contribution in [0.2, 0.25) is 0 Å². The van der Waals surface area contributed by atoms with Crippen LogP contribution in [-0.4, -0.2) is 11.1 Å². The number of nitrogens with one attached hydrogen (secondary N) is 1. The van der Waals surface area contributed by atoms with Gasteiger partial charge in [-0.25, -0.2) is 5.48 Å². The minimum atomic E-state index is -0.225. The molecular weight excluding hydrogens is 226 g/mol. The normalized spacial score (nSPS) is 12.4. The molecule has 0 heterocycles. The second-order valence-corrected chi connectivity index (χ2v) is 5.20. The van der Waals surface area contributed by atoms with Gasteiger partial charge in [-0.05, 0) is 12.8 Å². The zero-order valence-corrected chi connectivity index (χ0v) is 12.2. The van der Waals surface area contributed by atoms with Crippen molar-refractivity contribution in [1.82, 2.24) is 5.48 Å². The van der Waals surface area contributed by atoms with Crippen LogP contribution in [0.25, 0.3) is 0 Å². The third-order valence-electron chi connectivity index (χ3n) is 3.63. The maximum Gasteiger partial charge on any atom is 0.246 e. The second kappa shape index (κ2) is 12.9. The Hall–Kier alpha value is -0.570. The molecule has 0 aromatic rings. The molecule has 0 rings (SSSR count). The van der Waals surface area contributed by atoms with Gasteiger partial charge in [0.15, 0.2) is 0 Å². The predicted octanol–water partition coefficient (Wildman–Crippen LogP) is 4.44. The van der Waals surface area contributed by atoms with E-state index in [1.165, 1.54) is 51.4 Å². The zero-order valence-electron chi connectivity index (χ0n) is 12.2. The summed E-state index contributed by atoms with van der Waals surface area (Å²) in [5, 5.41) is 8.58. The molecule has 3 nitrogen and oxygen atoms in total. The van der Waals surface area contributed by atoms with Crippen molar-refractivity contribution in [2.45, 2.75) is 84.5 Å². The minimum Gasteiger partial charge on any atom is -0.289 e. The van der Waals surface area contributed by atoms with Gasteiger partial charge < -0.3 is 0 Å².